The summed E-state index contributed by atoms with van der Waals surface area (Å²) in [4.78, 5) is 0. The molecule has 0 nitrogen and oxygen atoms in total. The lowest BCUT2D eigenvalue weighted by Crippen LogP contribution is -2.02. The van der Waals surface area contributed by atoms with E-state index < -0.39 is 8.07 Å². The fraction of sp³-hybridized carbons (Fsp3) is 0.429. The molecule has 0 aromatic rings. The summed E-state index contributed by atoms with van der Waals surface area (Å²) in [5.41, 5.74) is 0.947. The minimum absolute atomic E-state index is 0.733. The molecule has 0 aromatic carbocycles. The topological polar surface area (TPSA) is 0 Å². The quantitative estimate of drug-likeness (QED) is 0.432. The van der Waals surface area contributed by atoms with Crippen LogP contribution >= 0.6 is 0 Å². The molecular weight excluding hydrogens is 112 g/mol. The minimum Gasteiger partial charge on any atom is -0.0801 e. The molecule has 1 saturated heterocycles. The molecule has 2 rings (SSSR count). The van der Waals surface area contributed by atoms with Crippen molar-refractivity contribution in [3.05, 3.63) is 23.4 Å². The van der Waals surface area contributed by atoms with Crippen molar-refractivity contribution in [1.82, 2.24) is 0 Å². The third-order valence-corrected chi connectivity index (χ3v) is 6.07. The van der Waals surface area contributed by atoms with E-state index in [4.69, 9.17) is 0 Å². The Kier molecular flexibility index (Phi) is 0.574. The van der Waals surface area contributed by atoms with E-state index in [1.165, 1.54) is 0 Å². The summed E-state index contributed by atoms with van der Waals surface area (Å²) >= 11 is 0. The van der Waals surface area contributed by atoms with Crippen LogP contribution in [0.2, 0.25) is 18.6 Å². The van der Waals surface area contributed by atoms with Crippen LogP contribution in [-0.2, 0) is 0 Å². The second-order valence-corrected chi connectivity index (χ2v) is 7.85. The van der Waals surface area contributed by atoms with Gasteiger partial charge >= 0.3 is 0 Å². The van der Waals surface area contributed by atoms with Crippen LogP contribution in [0.1, 0.15) is 0 Å². The van der Waals surface area contributed by atoms with Crippen LogP contribution in [0.4, 0.5) is 0 Å². The van der Waals surface area contributed by atoms with Crippen LogP contribution in [0.25, 0.3) is 0 Å². The van der Waals surface area contributed by atoms with Crippen molar-refractivity contribution >= 4 is 8.07 Å². The van der Waals surface area contributed by atoms with Gasteiger partial charge in [-0.3, -0.25) is 0 Å². The summed E-state index contributed by atoms with van der Waals surface area (Å²) in [7, 11) is -0.733. The third-order valence-electron chi connectivity index (χ3n) is 2.35. The highest BCUT2D eigenvalue weighted by molar-refractivity contribution is 6.99. The summed E-state index contributed by atoms with van der Waals surface area (Å²) in [6, 6.07) is 0. The molecule has 0 bridgehead atoms. The molecule has 0 amide bonds. The van der Waals surface area contributed by atoms with Crippen molar-refractivity contribution < 1.29 is 0 Å². The van der Waals surface area contributed by atoms with Gasteiger partial charge in [0.2, 0.25) is 0 Å². The predicted octanol–water partition coefficient (Wildman–Crippen LogP) is 2.11. The average molecular weight is 122 g/mol. The summed E-state index contributed by atoms with van der Waals surface area (Å²) in [6.45, 7) is 4.88. The Balaban J connectivity index is 2.39. The zero-order valence-electron chi connectivity index (χ0n) is 5.31. The van der Waals surface area contributed by atoms with Gasteiger partial charge in [-0.1, -0.05) is 36.5 Å². The zero-order valence-corrected chi connectivity index (χ0v) is 6.31. The lowest BCUT2D eigenvalue weighted by Gasteiger charge is -1.92. The smallest absolute Gasteiger partial charge is 0.0801 e. The van der Waals surface area contributed by atoms with E-state index in [2.05, 4.69) is 31.3 Å². The second kappa shape index (κ2) is 1.01. The molecule has 1 aliphatic heterocycles. The van der Waals surface area contributed by atoms with E-state index >= 15 is 0 Å². The molecular formula is C7H10Si. The molecule has 0 saturated carbocycles. The lowest BCUT2D eigenvalue weighted by molar-refractivity contribution is 1.50. The summed E-state index contributed by atoms with van der Waals surface area (Å²) in [5, 5.41) is 1.76. The number of hydrogen-bond donors (Lipinski definition) is 0. The SMILES string of the molecule is C[Si]1(C)C2=CC=CC21. The van der Waals surface area contributed by atoms with Crippen LogP contribution in [0.15, 0.2) is 23.4 Å². The number of rotatable bonds is 0. The molecule has 8 heavy (non-hydrogen) atoms. The number of fused-ring (bicyclic) bond motifs is 1. The molecule has 1 atom stereocenters. The number of hydrogen-bond acceptors (Lipinski definition) is 0. The van der Waals surface area contributed by atoms with Gasteiger partial charge in [-0.25, -0.2) is 0 Å². The Morgan fingerprint density at radius 1 is 1.50 bits per heavy atom. The Morgan fingerprint density at radius 3 is 2.50 bits per heavy atom. The first kappa shape index (κ1) is 4.56. The van der Waals surface area contributed by atoms with E-state index in [9.17, 15) is 0 Å². The van der Waals surface area contributed by atoms with E-state index in [-0.39, 0.29) is 0 Å². The van der Waals surface area contributed by atoms with Gasteiger partial charge in [0.25, 0.3) is 0 Å². The Hall–Kier alpha value is -0.303. The maximum absolute atomic E-state index is 2.44. The lowest BCUT2D eigenvalue weighted by atomic mass is 10.5. The standard InChI is InChI=1S/C7H10Si/c1-8(2)6-4-3-5-7(6)8/h3-6H,1-2H3. The van der Waals surface area contributed by atoms with Crippen molar-refractivity contribution in [2.24, 2.45) is 0 Å². The summed E-state index contributed by atoms with van der Waals surface area (Å²) in [6.07, 6.45) is 6.84. The highest BCUT2D eigenvalue weighted by atomic mass is 28.3. The third kappa shape index (κ3) is 0.324. The maximum atomic E-state index is 2.44. The molecule has 0 aromatic heterocycles. The largest absolute Gasteiger partial charge is 0.0863 e. The van der Waals surface area contributed by atoms with Gasteiger partial charge in [0, 0.05) is 0 Å². The molecule has 1 heteroatoms. The Morgan fingerprint density at radius 2 is 2.25 bits per heavy atom. The monoisotopic (exact) mass is 122 g/mol. The van der Waals surface area contributed by atoms with Crippen LogP contribution in [0.5, 0.6) is 0 Å². The molecule has 0 N–H and O–H groups in total. The first-order chi connectivity index (χ1) is 3.73. The van der Waals surface area contributed by atoms with Crippen molar-refractivity contribution in [1.29, 1.82) is 0 Å². The fourth-order valence-electron chi connectivity index (χ4n) is 1.55. The molecule has 0 radical (unpaired) electrons. The highest BCUT2D eigenvalue weighted by Crippen LogP contribution is 2.56. The average Bonchev–Trinajstić information content (AvgIpc) is 2.22. The van der Waals surface area contributed by atoms with Crippen LogP contribution in [0.3, 0.4) is 0 Å². The van der Waals surface area contributed by atoms with Crippen molar-refractivity contribution in [2.45, 2.75) is 18.6 Å². The Bertz CT molecular complexity index is 187. The van der Waals surface area contributed by atoms with Gasteiger partial charge in [0.05, 0.1) is 8.07 Å². The van der Waals surface area contributed by atoms with E-state index in [0.29, 0.717) is 0 Å². The molecule has 1 fully saturated rings. The van der Waals surface area contributed by atoms with E-state index in [1.807, 2.05) is 0 Å². The van der Waals surface area contributed by atoms with Gasteiger partial charge in [0.15, 0.2) is 0 Å². The molecule has 1 aliphatic carbocycles. The van der Waals surface area contributed by atoms with Crippen molar-refractivity contribution in [2.75, 3.05) is 0 Å². The van der Waals surface area contributed by atoms with Crippen LogP contribution < -0.4 is 0 Å². The second-order valence-electron chi connectivity index (χ2n) is 3.21. The van der Waals surface area contributed by atoms with Gasteiger partial charge in [-0.05, 0) is 5.54 Å². The minimum atomic E-state index is -0.733. The maximum Gasteiger partial charge on any atom is 0.0863 e. The first-order valence-corrected chi connectivity index (χ1v) is 6.19. The van der Waals surface area contributed by atoms with Crippen molar-refractivity contribution in [3.63, 3.8) is 0 Å². The van der Waals surface area contributed by atoms with Crippen LogP contribution in [-0.4, -0.2) is 8.07 Å². The molecule has 2 aliphatic rings. The predicted molar refractivity (Wildman–Crippen MR) is 38.5 cm³/mol. The first-order valence-electron chi connectivity index (χ1n) is 3.12. The molecule has 1 unspecified atom stereocenters. The number of allylic oxidation sites excluding steroid dienone is 4. The highest BCUT2D eigenvalue weighted by Gasteiger charge is 2.53. The fourth-order valence-corrected chi connectivity index (χ4v) is 4.96. The van der Waals surface area contributed by atoms with Gasteiger partial charge < -0.3 is 0 Å². The molecule has 1 heterocycles. The molecule has 42 valence electrons. The van der Waals surface area contributed by atoms with Crippen molar-refractivity contribution in [3.8, 4) is 0 Å². The van der Waals surface area contributed by atoms with Gasteiger partial charge in [0.1, 0.15) is 0 Å². The van der Waals surface area contributed by atoms with Gasteiger partial charge in [-0.2, -0.15) is 0 Å². The summed E-state index contributed by atoms with van der Waals surface area (Å²) in [5.74, 6) is 0. The van der Waals surface area contributed by atoms with E-state index in [1.54, 1.807) is 5.20 Å². The summed E-state index contributed by atoms with van der Waals surface area (Å²) < 4.78 is 0. The normalized spacial score (nSPS) is 36.8. The zero-order chi connectivity index (χ0) is 5.78. The van der Waals surface area contributed by atoms with Crippen LogP contribution in [0, 0.1) is 0 Å². The molecule has 0 spiro atoms. The van der Waals surface area contributed by atoms with Gasteiger partial charge in [-0.15, -0.1) is 0 Å². The van der Waals surface area contributed by atoms with E-state index in [0.717, 1.165) is 5.54 Å². The Labute approximate surface area is 50.9 Å².